The summed E-state index contributed by atoms with van der Waals surface area (Å²) in [5.41, 5.74) is 1.82. The van der Waals surface area contributed by atoms with Crippen molar-refractivity contribution in [3.63, 3.8) is 0 Å². The Balaban J connectivity index is 1.23. The first-order valence-electron chi connectivity index (χ1n) is 15.1. The monoisotopic (exact) mass is 628 g/mol. The van der Waals surface area contributed by atoms with Crippen LogP contribution in [0.15, 0.2) is 30.3 Å². The number of benzene rings is 3. The average Bonchev–Trinajstić information content (AvgIpc) is 2.94. The first-order chi connectivity index (χ1) is 20.8. The van der Waals surface area contributed by atoms with Crippen molar-refractivity contribution in [1.82, 2.24) is 0 Å². The number of alkyl halides is 3. The first kappa shape index (κ1) is 32.2. The zero-order valence-electron chi connectivity index (χ0n) is 24.2. The Morgan fingerprint density at radius 3 is 1.93 bits per heavy atom. The van der Waals surface area contributed by atoms with Crippen LogP contribution < -0.4 is 4.74 Å². The molecule has 1 unspecified atom stereocenters. The van der Waals surface area contributed by atoms with Crippen molar-refractivity contribution in [2.24, 2.45) is 5.92 Å². The Morgan fingerprint density at radius 2 is 1.34 bits per heavy atom. The maximum atomic E-state index is 15.7. The lowest BCUT2D eigenvalue weighted by molar-refractivity contribution is -0.276. The van der Waals surface area contributed by atoms with Crippen molar-refractivity contribution < 1.29 is 44.3 Å². The molecule has 0 bridgehead atoms. The summed E-state index contributed by atoms with van der Waals surface area (Å²) in [4.78, 5) is 0. The summed E-state index contributed by atoms with van der Waals surface area (Å²) in [6.45, 7) is 1.93. The summed E-state index contributed by atoms with van der Waals surface area (Å²) in [5.74, 6) is -7.67. The second-order valence-corrected chi connectivity index (χ2v) is 12.1. The van der Waals surface area contributed by atoms with Crippen molar-refractivity contribution >= 4 is 0 Å². The van der Waals surface area contributed by atoms with E-state index in [-0.39, 0.29) is 29.0 Å². The molecule has 0 saturated heterocycles. The van der Waals surface area contributed by atoms with E-state index in [1.165, 1.54) is 18.2 Å². The van der Waals surface area contributed by atoms with Gasteiger partial charge in [-0.1, -0.05) is 13.3 Å². The molecule has 1 saturated carbocycles. The van der Waals surface area contributed by atoms with E-state index in [1.807, 2.05) is 6.92 Å². The lowest BCUT2D eigenvalue weighted by Crippen LogP contribution is -2.21. The summed E-state index contributed by atoms with van der Waals surface area (Å²) in [5, 5.41) is 0. The zero-order valence-corrected chi connectivity index (χ0v) is 24.2. The number of ether oxygens (including phenoxy) is 1. The van der Waals surface area contributed by atoms with E-state index in [9.17, 15) is 30.7 Å². The standard InChI is InChI=1S/C34H33F9O/c1-2-3-19-13-26(35)25(27(36)14-19)11-5-18-4-10-24-23(12-18)17-28(37)31(32(24)40)21-8-6-20(7-9-21)22-15-29(38)33(30(39)16-22)44-34(41,42)43/h13-18,20-21H,2-12H2,1H3. The van der Waals surface area contributed by atoms with Crippen LogP contribution in [-0.4, -0.2) is 6.36 Å². The van der Waals surface area contributed by atoms with Crippen LogP contribution in [0.5, 0.6) is 5.75 Å². The van der Waals surface area contributed by atoms with Gasteiger partial charge in [-0.05, 0) is 135 Å². The minimum Gasteiger partial charge on any atom is -0.399 e. The molecule has 2 aliphatic carbocycles. The summed E-state index contributed by atoms with van der Waals surface area (Å²) in [7, 11) is 0. The van der Waals surface area contributed by atoms with Gasteiger partial charge in [0.25, 0.3) is 0 Å². The maximum absolute atomic E-state index is 15.7. The van der Waals surface area contributed by atoms with Gasteiger partial charge in [-0.2, -0.15) is 0 Å². The van der Waals surface area contributed by atoms with Crippen LogP contribution in [0.3, 0.4) is 0 Å². The summed E-state index contributed by atoms with van der Waals surface area (Å²) < 4.78 is 130. The Bertz CT molecular complexity index is 1460. The molecule has 0 heterocycles. The van der Waals surface area contributed by atoms with Crippen LogP contribution in [0.1, 0.15) is 97.1 Å². The van der Waals surface area contributed by atoms with Gasteiger partial charge in [0, 0.05) is 11.1 Å². The highest BCUT2D eigenvalue weighted by Crippen LogP contribution is 2.45. The molecule has 3 aromatic carbocycles. The van der Waals surface area contributed by atoms with Crippen LogP contribution in [-0.2, 0) is 25.7 Å². The fraction of sp³-hybridized carbons (Fsp3) is 0.471. The van der Waals surface area contributed by atoms with Crippen molar-refractivity contribution in [3.05, 3.63) is 98.6 Å². The van der Waals surface area contributed by atoms with E-state index in [2.05, 4.69) is 4.74 Å². The zero-order chi connectivity index (χ0) is 31.8. The molecule has 1 nitrogen and oxygen atoms in total. The van der Waals surface area contributed by atoms with E-state index in [0.29, 0.717) is 74.5 Å². The van der Waals surface area contributed by atoms with Crippen molar-refractivity contribution in [3.8, 4) is 5.75 Å². The van der Waals surface area contributed by atoms with E-state index < -0.39 is 58.9 Å². The second-order valence-electron chi connectivity index (χ2n) is 12.1. The fourth-order valence-electron chi connectivity index (χ4n) is 6.98. The molecule has 0 N–H and O–H groups in total. The molecule has 5 rings (SSSR count). The third-order valence-corrected chi connectivity index (χ3v) is 9.15. The normalized spacial score (nSPS) is 20.5. The molecular weight excluding hydrogens is 595 g/mol. The lowest BCUT2D eigenvalue weighted by atomic mass is 9.74. The average molecular weight is 629 g/mol. The SMILES string of the molecule is CCCc1cc(F)c(CCC2CCc3c(cc(F)c(C4CCC(c5cc(F)c(OC(F)(F)F)c(F)c5)CC4)c3F)C2)c(F)c1. The van der Waals surface area contributed by atoms with Crippen LogP contribution in [0.2, 0.25) is 0 Å². The molecule has 0 radical (unpaired) electrons. The van der Waals surface area contributed by atoms with Crippen molar-refractivity contribution in [2.45, 2.75) is 95.8 Å². The van der Waals surface area contributed by atoms with Crippen molar-refractivity contribution in [2.75, 3.05) is 0 Å². The van der Waals surface area contributed by atoms with Gasteiger partial charge >= 0.3 is 6.36 Å². The Kier molecular flexibility index (Phi) is 9.56. The minimum atomic E-state index is -5.25. The van der Waals surface area contributed by atoms with Gasteiger partial charge in [0.15, 0.2) is 11.6 Å². The van der Waals surface area contributed by atoms with E-state index in [4.69, 9.17) is 0 Å². The molecule has 0 aliphatic heterocycles. The number of hydrogen-bond acceptors (Lipinski definition) is 1. The molecule has 10 heteroatoms. The lowest BCUT2D eigenvalue weighted by Gasteiger charge is -2.32. The van der Waals surface area contributed by atoms with Crippen LogP contribution in [0.25, 0.3) is 0 Å². The highest BCUT2D eigenvalue weighted by molar-refractivity contribution is 5.40. The smallest absolute Gasteiger partial charge is 0.399 e. The minimum absolute atomic E-state index is 0.0109. The van der Waals surface area contributed by atoms with Gasteiger partial charge in [0.05, 0.1) is 0 Å². The Hall–Kier alpha value is -3.17. The summed E-state index contributed by atoms with van der Waals surface area (Å²) >= 11 is 0. The molecule has 2 aliphatic rings. The van der Waals surface area contributed by atoms with E-state index in [1.54, 1.807) is 0 Å². The van der Waals surface area contributed by atoms with E-state index >= 15 is 8.78 Å². The molecule has 0 aromatic heterocycles. The van der Waals surface area contributed by atoms with Crippen molar-refractivity contribution in [1.29, 1.82) is 0 Å². The number of rotatable bonds is 8. The second kappa shape index (κ2) is 13.1. The van der Waals surface area contributed by atoms with Gasteiger partial charge in [0.2, 0.25) is 5.75 Å². The molecule has 0 amide bonds. The predicted octanol–water partition coefficient (Wildman–Crippen LogP) is 10.6. The van der Waals surface area contributed by atoms with Crippen LogP contribution >= 0.6 is 0 Å². The highest BCUT2D eigenvalue weighted by Gasteiger charge is 2.36. The van der Waals surface area contributed by atoms with Gasteiger partial charge in [-0.15, -0.1) is 13.2 Å². The molecular formula is C34H33F9O. The van der Waals surface area contributed by atoms with Gasteiger partial charge < -0.3 is 4.74 Å². The maximum Gasteiger partial charge on any atom is 0.573 e. The molecule has 0 spiro atoms. The number of fused-ring (bicyclic) bond motifs is 1. The molecule has 3 aromatic rings. The largest absolute Gasteiger partial charge is 0.573 e. The number of aryl methyl sites for hydroxylation is 1. The van der Waals surface area contributed by atoms with Gasteiger partial charge in [-0.3, -0.25) is 0 Å². The summed E-state index contributed by atoms with van der Waals surface area (Å²) in [6.07, 6.45) is -0.474. The van der Waals surface area contributed by atoms with Gasteiger partial charge in [0.1, 0.15) is 23.3 Å². The number of halogens is 9. The van der Waals surface area contributed by atoms with Crippen LogP contribution in [0, 0.1) is 40.8 Å². The third kappa shape index (κ3) is 7.04. The number of hydrogen-bond donors (Lipinski definition) is 0. The predicted molar refractivity (Wildman–Crippen MR) is 148 cm³/mol. The summed E-state index contributed by atoms with van der Waals surface area (Å²) in [6, 6.07) is 5.73. The topological polar surface area (TPSA) is 9.23 Å². The highest BCUT2D eigenvalue weighted by atomic mass is 19.4. The molecule has 1 atom stereocenters. The van der Waals surface area contributed by atoms with Crippen LogP contribution in [0.4, 0.5) is 39.5 Å². The first-order valence-corrected chi connectivity index (χ1v) is 15.1. The Labute approximate surface area is 250 Å². The fourth-order valence-corrected chi connectivity index (χ4v) is 6.98. The Morgan fingerprint density at radius 1 is 0.727 bits per heavy atom. The molecule has 238 valence electrons. The quantitative estimate of drug-likeness (QED) is 0.226. The third-order valence-electron chi connectivity index (χ3n) is 9.15. The van der Waals surface area contributed by atoms with Gasteiger partial charge in [-0.25, -0.2) is 26.3 Å². The molecule has 44 heavy (non-hydrogen) atoms. The van der Waals surface area contributed by atoms with E-state index in [0.717, 1.165) is 18.6 Å². The molecule has 1 fully saturated rings.